The topological polar surface area (TPSA) is 585 Å². The number of hydrogen-bond acceptors (Lipinski definition) is 35. The van der Waals surface area contributed by atoms with Crippen LogP contribution >= 0.6 is 52.9 Å². The number of amides is 5. The van der Waals surface area contributed by atoms with Gasteiger partial charge < -0.3 is 88.0 Å². The molecule has 51 heteroatoms. The average molecular weight is 2360 g/mol. The minimum absolute atomic E-state index is 0.00176. The van der Waals surface area contributed by atoms with Crippen molar-refractivity contribution in [1.29, 1.82) is 0 Å². The van der Waals surface area contributed by atoms with E-state index in [0.29, 0.717) is 21.1 Å². The van der Waals surface area contributed by atoms with E-state index in [4.69, 9.17) is 56.8 Å². The number of ketones is 5. The highest BCUT2D eigenvalue weighted by atomic mass is 127. The largest absolute Gasteiger partial charge is 0.469 e. The lowest BCUT2D eigenvalue weighted by Crippen LogP contribution is -2.54. The maximum Gasteiger partial charge on any atom is 0.459 e. The minimum Gasteiger partial charge on any atom is -0.469 e. The van der Waals surface area contributed by atoms with Gasteiger partial charge in [-0.05, 0) is 128 Å². The van der Waals surface area contributed by atoms with Crippen molar-refractivity contribution in [3.8, 4) is 5.75 Å². The molecule has 150 heavy (non-hydrogen) atoms. The van der Waals surface area contributed by atoms with E-state index >= 15 is 13.2 Å². The Kier molecular flexibility index (Phi) is 36.7. The number of aliphatic hydroxyl groups is 8. The van der Waals surface area contributed by atoms with Gasteiger partial charge in [-0.3, -0.25) is 96.1 Å². The molecule has 25 atom stereocenters. The second kappa shape index (κ2) is 46.3. The lowest BCUT2D eigenvalue weighted by atomic mass is 9.84. The summed E-state index contributed by atoms with van der Waals surface area (Å²) in [5.74, 6) is -21.2. The normalized spacial score (nSPS) is 34.5. The molecule has 12 heterocycles. The first kappa shape index (κ1) is 119. The molecule has 0 aliphatic carbocycles. The van der Waals surface area contributed by atoms with Gasteiger partial charge in [0.15, 0.2) is 76.9 Å². The molecule has 1 aromatic heterocycles. The van der Waals surface area contributed by atoms with Crippen LogP contribution in [0.4, 0.5) is 22.0 Å². The predicted molar refractivity (Wildman–Crippen MR) is 528 cm³/mol. The highest BCUT2D eigenvalue weighted by Crippen LogP contribution is 2.56. The number of ether oxygens (including phenoxy) is 9. The van der Waals surface area contributed by atoms with Crippen LogP contribution in [-0.2, 0) is 104 Å². The number of H-pyrrole nitrogens is 1. The Hall–Kier alpha value is -11.3. The third-order valence-electron chi connectivity index (χ3n) is 26.8. The number of benzene rings is 4. The van der Waals surface area contributed by atoms with Gasteiger partial charge in [0.25, 0.3) is 17.3 Å². The molecule has 0 spiro atoms. The van der Waals surface area contributed by atoms with Crippen molar-refractivity contribution in [3.63, 3.8) is 0 Å². The van der Waals surface area contributed by atoms with Crippen LogP contribution in [0.3, 0.4) is 0 Å². The fourth-order valence-corrected chi connectivity index (χ4v) is 20.6. The summed E-state index contributed by atoms with van der Waals surface area (Å²) in [4.78, 5) is 185. The van der Waals surface area contributed by atoms with Crippen molar-refractivity contribution in [2.75, 3.05) is 22.1 Å². The summed E-state index contributed by atoms with van der Waals surface area (Å²) in [5.41, 5.74) is -11.8. The summed E-state index contributed by atoms with van der Waals surface area (Å²) >= 11 is 3.70. The highest BCUT2D eigenvalue weighted by molar-refractivity contribution is 14.1. The Morgan fingerprint density at radius 3 is 1.27 bits per heavy atom. The summed E-state index contributed by atoms with van der Waals surface area (Å²) in [6.07, 6.45) is -2.60. The Labute approximate surface area is 881 Å². The van der Waals surface area contributed by atoms with Crippen LogP contribution in [0.25, 0.3) is 10.8 Å². The molecular formula is C99H114F5I2N8O35P. The maximum atomic E-state index is 16.1. The van der Waals surface area contributed by atoms with Gasteiger partial charge in [0.2, 0.25) is 53.3 Å². The molecule has 6 fully saturated rings. The van der Waals surface area contributed by atoms with Gasteiger partial charge in [0.1, 0.15) is 65.9 Å². The van der Waals surface area contributed by atoms with E-state index in [1.165, 1.54) is 75.9 Å². The van der Waals surface area contributed by atoms with E-state index in [1.54, 1.807) is 152 Å². The van der Waals surface area contributed by atoms with Gasteiger partial charge in [-0.15, -0.1) is 0 Å². The van der Waals surface area contributed by atoms with Gasteiger partial charge in [-0.2, -0.15) is 5.09 Å². The molecular weight excluding hydrogens is 2240 g/mol. The third-order valence-corrected chi connectivity index (χ3v) is 30.5. The summed E-state index contributed by atoms with van der Waals surface area (Å²) < 4.78 is 149. The Morgan fingerprint density at radius 1 is 0.493 bits per heavy atom. The number of alkyl halides is 7. The van der Waals surface area contributed by atoms with Crippen molar-refractivity contribution < 1.29 is 181 Å². The Morgan fingerprint density at radius 2 is 0.867 bits per heavy atom. The maximum absolute atomic E-state index is 16.1. The number of halogens is 7. The van der Waals surface area contributed by atoms with Crippen LogP contribution in [0.1, 0.15) is 155 Å². The summed E-state index contributed by atoms with van der Waals surface area (Å²) in [6, 6.07) is 28.2. The molecule has 814 valence electrons. The predicted octanol–water partition coefficient (Wildman–Crippen LogP) is 6.98. The molecule has 11 aliphatic heterocycles. The van der Waals surface area contributed by atoms with Crippen molar-refractivity contribution in [2.45, 2.75) is 259 Å². The number of fused-ring (bicyclic) bond motifs is 1. The zero-order chi connectivity index (χ0) is 111. The van der Waals surface area contributed by atoms with Gasteiger partial charge in [0.05, 0.1) is 70.0 Å². The number of nitrogens with zero attached hydrogens (tertiary/aromatic N) is 6. The molecule has 10 N–H and O–H groups in total. The smallest absolute Gasteiger partial charge is 0.459 e. The number of carbonyl (C=O) groups excluding carboxylic acids is 13. The second-order valence-corrected chi connectivity index (χ2v) is 41.4. The fraction of sp³-hybridized carbons (Fsp3) is 0.485. The fourth-order valence-electron chi connectivity index (χ4n) is 17.4. The molecule has 43 nitrogen and oxygen atoms in total. The van der Waals surface area contributed by atoms with Crippen molar-refractivity contribution >= 4 is 140 Å². The lowest BCUT2D eigenvalue weighted by Gasteiger charge is -2.38. The van der Waals surface area contributed by atoms with Gasteiger partial charge in [0, 0.05) is 61.0 Å². The molecule has 16 rings (SSSR count). The number of esters is 3. The van der Waals surface area contributed by atoms with E-state index in [1.807, 2.05) is 50.2 Å². The van der Waals surface area contributed by atoms with E-state index in [0.717, 1.165) is 68.3 Å². The summed E-state index contributed by atoms with van der Waals surface area (Å²) in [7, 11) is -4.65. The number of nitrogens with one attached hydrogen (secondary N) is 2. The molecule has 0 saturated carbocycles. The van der Waals surface area contributed by atoms with Crippen molar-refractivity contribution in [3.05, 3.63) is 221 Å². The minimum atomic E-state index is -4.65. The van der Waals surface area contributed by atoms with E-state index in [-0.39, 0.29) is 75.6 Å². The zero-order valence-electron chi connectivity index (χ0n) is 83.0. The summed E-state index contributed by atoms with van der Waals surface area (Å²) in [5, 5.41) is 84.1. The average Bonchev–Trinajstić information content (AvgIpc) is 1.56. The SMILES string of the molecule is C=C1O[C@@H](N2C=CC(=O)CC2=O)[C@](C)(O)[C@@H]1O.CC(C)OC(=O)[C@H](C)NP(=O)(OC[C@@]1(F)O[C@@H](n2ccc(=O)[nH]c2=O)[C@](C)(O)[C@@H]1O)Oc1cccc2ccccc12.CC[C@@]1(F)O[C@@H](N2C=CC(=O)CC2=O)[C@](C)(OC(=O)c2ccccc2)[C@@H]1C.C[C@H]1[C@@](C)(O)[C@H](N2C=CC(=O)CC2=O)O[C@]1(F)CI.C[C@H]1[C@@](C)(OC(=O)c2ccccc2)[C@H](N2C=CC(=O)CC2=O)O[C@]1(F)CI.C[C@]1(O)[C@H](N2C=CC(=O)CC2=O)O[C@](F)(CO)[C@H]1O. The molecule has 4 aromatic carbocycles. The third kappa shape index (κ3) is 24.9. The van der Waals surface area contributed by atoms with E-state index in [9.17, 15) is 121 Å². The number of carbonyl (C=O) groups is 13. The molecule has 5 aromatic rings. The Bertz CT molecular complexity index is 6140. The molecule has 11 aliphatic rings. The monoisotopic (exact) mass is 2350 g/mol. The number of rotatable bonds is 23. The molecule has 1 unspecified atom stereocenters. The van der Waals surface area contributed by atoms with Gasteiger partial charge in [-0.1, -0.05) is 152 Å². The number of aromatic amines is 1. The van der Waals surface area contributed by atoms with Crippen LogP contribution in [0, 0.1) is 17.8 Å². The van der Waals surface area contributed by atoms with Crippen LogP contribution < -0.4 is 20.9 Å². The molecule has 6 saturated heterocycles. The molecule has 5 amide bonds. The van der Waals surface area contributed by atoms with Gasteiger partial charge >= 0.3 is 31.3 Å². The molecule has 0 radical (unpaired) electrons. The van der Waals surface area contributed by atoms with Crippen LogP contribution in [0.5, 0.6) is 5.75 Å². The highest BCUT2D eigenvalue weighted by Gasteiger charge is 2.70. The number of aliphatic hydroxyl groups excluding tert-OH is 4. The van der Waals surface area contributed by atoms with Crippen LogP contribution in [0.2, 0.25) is 0 Å². The van der Waals surface area contributed by atoms with Crippen LogP contribution in [-0.4, -0.2) is 298 Å². The number of hydrogen-bond donors (Lipinski definition) is 10. The first-order chi connectivity index (χ1) is 69.8. The summed E-state index contributed by atoms with van der Waals surface area (Å²) in [6.45, 7) is 19.9. The first-order valence-corrected chi connectivity index (χ1v) is 51.2. The lowest BCUT2D eigenvalue weighted by molar-refractivity contribution is -0.213. The van der Waals surface area contributed by atoms with Gasteiger partial charge in [-0.25, -0.2) is 40.9 Å². The first-order valence-electron chi connectivity index (χ1n) is 46.6. The van der Waals surface area contributed by atoms with Crippen LogP contribution in [0.15, 0.2) is 199 Å². The quantitative estimate of drug-likeness (QED) is 0.00599. The molecule has 0 bridgehead atoms. The number of allylic oxidation sites excluding steroid dienone is 5. The van der Waals surface area contributed by atoms with Crippen molar-refractivity contribution in [2.24, 2.45) is 17.8 Å². The number of aromatic nitrogens is 2. The van der Waals surface area contributed by atoms with Crippen molar-refractivity contribution in [1.82, 2.24) is 39.1 Å². The second-order valence-electron chi connectivity index (χ2n) is 38.1. The standard InChI is InChI=1S/C26H31FN3O10P.C20H22FNO5.C19H19FINO5.C12H15FINO4.C11H14FNO6.C11H13NO5/c1-15(2)38-21(32)16(3)29-41(36,40-19-11-7-9-17-8-5-6-10-18(17)19)37-14-26(27)22(33)25(4,35)23(39-26)30-13-12-20(31)28-24(30)34;1-4-20(21)13(2)19(3,26-17(25)14-8-6-5-7-9-14)18(27-20)22-11-10-15(23)12-16(22)24;1-12-18(2,26-16(25)13-6-4-3-5-7-13)17(27-19(12,20)11-21)22-9-8-14(23)10-15(22)24;1-7-11(2,18)10(19-12(7,13)6-14)15-4-3-8(16)5-9(15)17;1-10(18)8(17)11(12,5-14)19-9(10)13-3-2-6(15)4-7(13)16;1-6-9(15)11(2,16)10(17-6)12-4-3-7(13)5-8(12)14/h5-13,15-16,22-23,33,35H,14H2,1-4H3,(H,29,36)(H,28,31,34);5-11,13,18H,4,12H2,1-3H3;3-9,12,17H,10-11H2,1-2H3;3-4,7,10,18H,5-6H2,1-2H3;2-3,8-9,14,17-18H,4-5H2,1H3;3-4,9-10,15-16H,1,5H2,2H3/t16-,22-,23+,25+,26+,41?;13-,18+,19+,20+;12-,17+,18+,19+;7-,10+,11+,12+;8-,9+,10+,11+;9-,10-,11-/m000001/s1. The Balaban J connectivity index is 0.000000175. The van der Waals surface area contributed by atoms with E-state index in [2.05, 4.69) is 11.7 Å². The van der Waals surface area contributed by atoms with E-state index < -0.39 is 240 Å². The zero-order valence-corrected chi connectivity index (χ0v) is 88.2.